The van der Waals surface area contributed by atoms with Gasteiger partial charge in [-0.1, -0.05) is 24.3 Å². The maximum atomic E-state index is 11.6. The Kier molecular flexibility index (Phi) is 4.69. The fourth-order valence-electron chi connectivity index (χ4n) is 1.96. The van der Waals surface area contributed by atoms with Crippen molar-refractivity contribution in [3.63, 3.8) is 0 Å². The Balaban J connectivity index is 2.37. The Labute approximate surface area is 127 Å². The van der Waals surface area contributed by atoms with Crippen molar-refractivity contribution in [3.8, 4) is 5.75 Å². The minimum absolute atomic E-state index is 0.0402. The zero-order valence-electron chi connectivity index (χ0n) is 11.3. The van der Waals surface area contributed by atoms with Gasteiger partial charge in [0.25, 0.3) is 9.05 Å². The van der Waals surface area contributed by atoms with Crippen LogP contribution in [0, 0.1) is 0 Å². The number of nitrogens with one attached hydrogen (secondary N) is 1. The van der Waals surface area contributed by atoms with Gasteiger partial charge in [0.2, 0.25) is 5.91 Å². The Morgan fingerprint density at radius 1 is 1.19 bits per heavy atom. The molecule has 0 spiro atoms. The highest BCUT2D eigenvalue weighted by Crippen LogP contribution is 2.32. The van der Waals surface area contributed by atoms with Gasteiger partial charge in [-0.05, 0) is 12.1 Å². The van der Waals surface area contributed by atoms with Crippen molar-refractivity contribution < 1.29 is 17.9 Å². The fourth-order valence-corrected chi connectivity index (χ4v) is 3.04. The fraction of sp³-hybridized carbons (Fsp3) is 0.214. The number of hydrogen-bond acceptors (Lipinski definition) is 4. The molecular weight excluding hydrogens is 314 g/mol. The standard InChI is InChI=1S/C14H14ClNO4S/c1-16-14(17)8-9-20-12-6-7-13(21(15,18)19)11-5-3-2-4-10(11)12/h2-7H,8-9H2,1H3,(H,16,17). The van der Waals surface area contributed by atoms with Crippen molar-refractivity contribution >= 4 is 36.4 Å². The first-order valence-corrected chi connectivity index (χ1v) is 8.54. The van der Waals surface area contributed by atoms with Crippen LogP contribution in [-0.2, 0) is 13.8 Å². The molecule has 2 rings (SSSR count). The lowest BCUT2D eigenvalue weighted by Crippen LogP contribution is -2.20. The van der Waals surface area contributed by atoms with Crippen LogP contribution in [0.1, 0.15) is 6.42 Å². The molecule has 0 aliphatic rings. The van der Waals surface area contributed by atoms with Gasteiger partial charge in [-0.3, -0.25) is 4.79 Å². The number of halogens is 1. The van der Waals surface area contributed by atoms with Gasteiger partial charge >= 0.3 is 0 Å². The summed E-state index contributed by atoms with van der Waals surface area (Å²) in [7, 11) is 3.15. The van der Waals surface area contributed by atoms with Crippen LogP contribution in [0.15, 0.2) is 41.3 Å². The highest BCUT2D eigenvalue weighted by molar-refractivity contribution is 8.14. The third-order valence-electron chi connectivity index (χ3n) is 2.97. The maximum Gasteiger partial charge on any atom is 0.261 e. The van der Waals surface area contributed by atoms with E-state index in [9.17, 15) is 13.2 Å². The minimum Gasteiger partial charge on any atom is -0.492 e. The van der Waals surface area contributed by atoms with Gasteiger partial charge in [0.05, 0.1) is 17.9 Å². The SMILES string of the molecule is CNC(=O)CCOc1ccc(S(=O)(=O)Cl)c2ccccc12. The van der Waals surface area contributed by atoms with E-state index in [1.165, 1.54) is 6.07 Å². The molecule has 0 aliphatic carbocycles. The molecule has 0 fully saturated rings. The van der Waals surface area contributed by atoms with E-state index in [1.807, 2.05) is 0 Å². The second-order valence-electron chi connectivity index (χ2n) is 4.32. The van der Waals surface area contributed by atoms with Crippen LogP contribution in [0.3, 0.4) is 0 Å². The van der Waals surface area contributed by atoms with Crippen molar-refractivity contribution in [3.05, 3.63) is 36.4 Å². The van der Waals surface area contributed by atoms with Crippen molar-refractivity contribution in [1.29, 1.82) is 0 Å². The number of fused-ring (bicyclic) bond motifs is 1. The lowest BCUT2D eigenvalue weighted by Gasteiger charge is -2.11. The number of hydrogen-bond donors (Lipinski definition) is 1. The number of carbonyl (C=O) groups excluding carboxylic acids is 1. The second-order valence-corrected chi connectivity index (χ2v) is 6.85. The van der Waals surface area contributed by atoms with Crippen LogP contribution in [0.25, 0.3) is 10.8 Å². The first kappa shape index (κ1) is 15.6. The molecule has 0 aliphatic heterocycles. The molecule has 0 radical (unpaired) electrons. The summed E-state index contributed by atoms with van der Waals surface area (Å²) >= 11 is 0. The molecule has 112 valence electrons. The molecule has 0 aromatic heterocycles. The number of ether oxygens (including phenoxy) is 1. The third kappa shape index (κ3) is 3.65. The van der Waals surface area contributed by atoms with Crippen LogP contribution in [0.4, 0.5) is 0 Å². The summed E-state index contributed by atoms with van der Waals surface area (Å²) in [6.07, 6.45) is 0.223. The van der Waals surface area contributed by atoms with Crippen molar-refractivity contribution in [1.82, 2.24) is 5.32 Å². The van der Waals surface area contributed by atoms with Crippen molar-refractivity contribution in [2.45, 2.75) is 11.3 Å². The molecule has 0 atom stereocenters. The van der Waals surface area contributed by atoms with Crippen LogP contribution in [0.2, 0.25) is 0 Å². The van der Waals surface area contributed by atoms with E-state index in [0.29, 0.717) is 16.5 Å². The summed E-state index contributed by atoms with van der Waals surface area (Å²) in [6, 6.07) is 9.86. The zero-order valence-corrected chi connectivity index (χ0v) is 12.9. The molecule has 2 aromatic rings. The Morgan fingerprint density at radius 3 is 2.48 bits per heavy atom. The van der Waals surface area contributed by atoms with E-state index in [4.69, 9.17) is 15.4 Å². The van der Waals surface area contributed by atoms with E-state index in [-0.39, 0.29) is 23.8 Å². The molecule has 5 nitrogen and oxygen atoms in total. The Bertz CT molecular complexity index is 774. The van der Waals surface area contributed by atoms with E-state index in [2.05, 4.69) is 5.32 Å². The lowest BCUT2D eigenvalue weighted by molar-refractivity contribution is -0.121. The summed E-state index contributed by atoms with van der Waals surface area (Å²) in [6.45, 7) is 0.205. The normalized spacial score (nSPS) is 11.3. The van der Waals surface area contributed by atoms with Gasteiger partial charge in [-0.15, -0.1) is 0 Å². The van der Waals surface area contributed by atoms with Crippen molar-refractivity contribution in [2.24, 2.45) is 0 Å². The van der Waals surface area contributed by atoms with E-state index in [0.717, 1.165) is 0 Å². The monoisotopic (exact) mass is 327 g/mol. The molecule has 0 saturated heterocycles. The second kappa shape index (κ2) is 6.32. The van der Waals surface area contributed by atoms with Gasteiger partial charge in [-0.25, -0.2) is 8.42 Å². The summed E-state index contributed by atoms with van der Waals surface area (Å²) < 4.78 is 28.7. The largest absolute Gasteiger partial charge is 0.492 e. The third-order valence-corrected chi connectivity index (χ3v) is 4.35. The first-order chi connectivity index (χ1) is 9.93. The average Bonchev–Trinajstić information content (AvgIpc) is 2.45. The lowest BCUT2D eigenvalue weighted by atomic mass is 10.1. The topological polar surface area (TPSA) is 72.5 Å². The van der Waals surface area contributed by atoms with Crippen LogP contribution in [0.5, 0.6) is 5.75 Å². The number of rotatable bonds is 5. The van der Waals surface area contributed by atoms with Crippen LogP contribution < -0.4 is 10.1 Å². The molecule has 1 N–H and O–H groups in total. The average molecular weight is 328 g/mol. The smallest absolute Gasteiger partial charge is 0.261 e. The molecule has 0 saturated carbocycles. The summed E-state index contributed by atoms with van der Waals surface area (Å²) in [5.74, 6) is 0.387. The van der Waals surface area contributed by atoms with E-state index in [1.54, 1.807) is 37.4 Å². The molecule has 1 amide bonds. The highest BCUT2D eigenvalue weighted by atomic mass is 35.7. The van der Waals surface area contributed by atoms with Gasteiger partial charge in [0.1, 0.15) is 5.75 Å². The Morgan fingerprint density at radius 2 is 1.86 bits per heavy atom. The molecule has 0 bridgehead atoms. The number of carbonyl (C=O) groups is 1. The van der Waals surface area contributed by atoms with Gasteiger partial charge in [-0.2, -0.15) is 0 Å². The Hall–Kier alpha value is -1.79. The maximum absolute atomic E-state index is 11.6. The number of benzene rings is 2. The predicted molar refractivity (Wildman–Crippen MR) is 81.2 cm³/mol. The predicted octanol–water partition coefficient (Wildman–Crippen LogP) is 2.28. The first-order valence-electron chi connectivity index (χ1n) is 6.23. The quantitative estimate of drug-likeness (QED) is 0.855. The van der Waals surface area contributed by atoms with Crippen LogP contribution >= 0.6 is 10.7 Å². The summed E-state index contributed by atoms with van der Waals surface area (Å²) in [5.41, 5.74) is 0. The summed E-state index contributed by atoms with van der Waals surface area (Å²) in [5, 5.41) is 3.63. The summed E-state index contributed by atoms with van der Waals surface area (Å²) in [4.78, 5) is 11.2. The molecule has 21 heavy (non-hydrogen) atoms. The molecule has 7 heteroatoms. The van der Waals surface area contributed by atoms with Crippen molar-refractivity contribution in [2.75, 3.05) is 13.7 Å². The van der Waals surface area contributed by atoms with Gasteiger partial charge in [0.15, 0.2) is 0 Å². The van der Waals surface area contributed by atoms with E-state index >= 15 is 0 Å². The molecular formula is C14H14ClNO4S. The van der Waals surface area contributed by atoms with E-state index < -0.39 is 9.05 Å². The molecule has 0 heterocycles. The van der Waals surface area contributed by atoms with Crippen LogP contribution in [-0.4, -0.2) is 28.0 Å². The molecule has 2 aromatic carbocycles. The number of amides is 1. The van der Waals surface area contributed by atoms with Gasteiger partial charge in [0, 0.05) is 28.5 Å². The molecule has 0 unspecified atom stereocenters. The van der Waals surface area contributed by atoms with Gasteiger partial charge < -0.3 is 10.1 Å². The zero-order chi connectivity index (χ0) is 15.5. The highest BCUT2D eigenvalue weighted by Gasteiger charge is 2.16. The minimum atomic E-state index is -3.83.